The molecule has 3 rings (SSSR count). The zero-order valence-electron chi connectivity index (χ0n) is 19.4. The monoisotopic (exact) mass is 474 g/mol. The van der Waals surface area contributed by atoms with Crippen LogP contribution in [0.2, 0.25) is 0 Å². The molecule has 8 nitrogen and oxygen atoms in total. The zero-order chi connectivity index (χ0) is 23.8. The summed E-state index contributed by atoms with van der Waals surface area (Å²) in [4.78, 5) is 25.9. The molecule has 0 aliphatic carbocycles. The molecule has 178 valence electrons. The average Bonchev–Trinajstić information content (AvgIpc) is 2.81. The van der Waals surface area contributed by atoms with Gasteiger partial charge in [0.2, 0.25) is 11.8 Å². The summed E-state index contributed by atoms with van der Waals surface area (Å²) in [5.41, 5.74) is 1.50. The summed E-state index contributed by atoms with van der Waals surface area (Å²) in [6, 6.07) is 10.9. The van der Waals surface area contributed by atoms with E-state index < -0.39 is 0 Å². The van der Waals surface area contributed by atoms with E-state index in [9.17, 15) is 9.59 Å². The first-order valence-corrected chi connectivity index (χ1v) is 11.7. The highest BCUT2D eigenvalue weighted by Gasteiger charge is 2.34. The molecule has 2 amide bonds. The van der Waals surface area contributed by atoms with E-state index in [0.29, 0.717) is 54.7 Å². The molecule has 2 aromatic rings. The van der Waals surface area contributed by atoms with Gasteiger partial charge in [0.15, 0.2) is 0 Å². The second-order valence-electron chi connectivity index (χ2n) is 7.42. The Morgan fingerprint density at radius 1 is 1.09 bits per heavy atom. The van der Waals surface area contributed by atoms with Crippen LogP contribution in [0.3, 0.4) is 0 Å². The van der Waals surface area contributed by atoms with Crippen LogP contribution >= 0.6 is 11.8 Å². The number of benzene rings is 2. The summed E-state index contributed by atoms with van der Waals surface area (Å²) in [7, 11) is 4.78. The molecule has 1 aliphatic rings. The Bertz CT molecular complexity index is 958. The molecular weight excluding hydrogens is 444 g/mol. The maximum absolute atomic E-state index is 12.8. The number of ether oxygens (including phenoxy) is 4. The molecule has 0 radical (unpaired) electrons. The third kappa shape index (κ3) is 6.25. The van der Waals surface area contributed by atoms with Crippen molar-refractivity contribution in [2.24, 2.45) is 0 Å². The highest BCUT2D eigenvalue weighted by atomic mass is 32.2. The number of rotatable bonds is 10. The van der Waals surface area contributed by atoms with Gasteiger partial charge in [0.05, 0.1) is 33.5 Å². The number of hydrogen-bond acceptors (Lipinski definition) is 7. The number of thioether (sulfide) groups is 1. The van der Waals surface area contributed by atoms with Gasteiger partial charge in [-0.05, 0) is 18.6 Å². The van der Waals surface area contributed by atoms with E-state index in [0.717, 1.165) is 11.3 Å². The van der Waals surface area contributed by atoms with Crippen molar-refractivity contribution in [3.8, 4) is 23.0 Å². The number of hydrogen-bond donors (Lipinski definition) is 1. The van der Waals surface area contributed by atoms with E-state index in [1.54, 1.807) is 57.4 Å². The molecule has 2 aromatic carbocycles. The van der Waals surface area contributed by atoms with Crippen molar-refractivity contribution in [2.75, 3.05) is 45.6 Å². The zero-order valence-corrected chi connectivity index (χ0v) is 20.2. The Morgan fingerprint density at radius 2 is 1.82 bits per heavy atom. The first-order valence-electron chi connectivity index (χ1n) is 10.7. The summed E-state index contributed by atoms with van der Waals surface area (Å²) < 4.78 is 22.5. The van der Waals surface area contributed by atoms with Crippen molar-refractivity contribution in [3.63, 3.8) is 0 Å². The minimum absolute atomic E-state index is 0.0892. The SMILES string of the molecule is COc1cc(OC)c(C2SCCC(=O)N2CCCOc2cccc(NC(C)=O)c2)c(OC)c1. The van der Waals surface area contributed by atoms with Gasteiger partial charge in [-0.1, -0.05) is 6.07 Å². The fourth-order valence-corrected chi connectivity index (χ4v) is 4.99. The molecule has 1 N–H and O–H groups in total. The molecule has 0 bridgehead atoms. The lowest BCUT2D eigenvalue weighted by atomic mass is 10.1. The smallest absolute Gasteiger partial charge is 0.224 e. The molecule has 0 spiro atoms. The minimum Gasteiger partial charge on any atom is -0.496 e. The number of carbonyl (C=O) groups is 2. The van der Waals surface area contributed by atoms with Gasteiger partial charge in [-0.15, -0.1) is 11.8 Å². The van der Waals surface area contributed by atoms with Crippen LogP contribution in [0.4, 0.5) is 5.69 Å². The van der Waals surface area contributed by atoms with Gasteiger partial charge < -0.3 is 29.2 Å². The van der Waals surface area contributed by atoms with E-state index in [1.807, 2.05) is 17.0 Å². The van der Waals surface area contributed by atoms with Gasteiger partial charge in [-0.25, -0.2) is 0 Å². The molecule has 9 heteroatoms. The van der Waals surface area contributed by atoms with Crippen LogP contribution in [-0.4, -0.2) is 56.9 Å². The fourth-order valence-electron chi connectivity index (χ4n) is 3.67. The van der Waals surface area contributed by atoms with Crippen molar-refractivity contribution in [2.45, 2.75) is 25.1 Å². The Labute approximate surface area is 198 Å². The maximum Gasteiger partial charge on any atom is 0.224 e. The number of methoxy groups -OCH3 is 3. The van der Waals surface area contributed by atoms with Gasteiger partial charge in [0, 0.05) is 49.5 Å². The Hall–Kier alpha value is -3.07. The van der Waals surface area contributed by atoms with Gasteiger partial charge in [-0.2, -0.15) is 0 Å². The van der Waals surface area contributed by atoms with Gasteiger partial charge in [-0.3, -0.25) is 9.59 Å². The first-order chi connectivity index (χ1) is 16.0. The normalized spacial score (nSPS) is 15.7. The second-order valence-corrected chi connectivity index (χ2v) is 8.61. The standard InChI is InChI=1S/C24H30N2O6S/c1-16(27)25-17-7-5-8-18(13-17)32-11-6-10-26-22(28)9-12-33-24(26)23-20(30-3)14-19(29-2)15-21(23)31-4/h5,7-8,13-15,24H,6,9-12H2,1-4H3,(H,25,27). The van der Waals surface area contributed by atoms with E-state index in [-0.39, 0.29) is 17.2 Å². The van der Waals surface area contributed by atoms with E-state index in [2.05, 4.69) is 5.32 Å². The molecular formula is C24H30N2O6S. The number of nitrogens with zero attached hydrogens (tertiary/aromatic N) is 1. The molecule has 1 unspecified atom stereocenters. The van der Waals surface area contributed by atoms with Crippen LogP contribution in [0, 0.1) is 0 Å². The highest BCUT2D eigenvalue weighted by molar-refractivity contribution is 7.99. The molecule has 1 saturated heterocycles. The van der Waals surface area contributed by atoms with Crippen LogP contribution < -0.4 is 24.3 Å². The van der Waals surface area contributed by atoms with Gasteiger partial charge in [0.1, 0.15) is 28.4 Å². The lowest BCUT2D eigenvalue weighted by Gasteiger charge is -2.36. The average molecular weight is 475 g/mol. The van der Waals surface area contributed by atoms with Crippen LogP contribution in [0.1, 0.15) is 30.7 Å². The highest BCUT2D eigenvalue weighted by Crippen LogP contribution is 2.47. The summed E-state index contributed by atoms with van der Waals surface area (Å²) in [6.07, 6.45) is 1.13. The van der Waals surface area contributed by atoms with Gasteiger partial charge in [0.25, 0.3) is 0 Å². The van der Waals surface area contributed by atoms with E-state index >= 15 is 0 Å². The lowest BCUT2D eigenvalue weighted by Crippen LogP contribution is -2.38. The fraction of sp³-hybridized carbons (Fsp3) is 0.417. The third-order valence-corrected chi connectivity index (χ3v) is 6.41. The maximum atomic E-state index is 12.8. The number of carbonyl (C=O) groups excluding carboxylic acids is 2. The summed E-state index contributed by atoms with van der Waals surface area (Å²) in [6.45, 7) is 2.42. The Kier molecular flexibility index (Phi) is 8.71. The molecule has 1 aliphatic heterocycles. The minimum atomic E-state index is -0.231. The summed E-state index contributed by atoms with van der Waals surface area (Å²) in [5, 5.41) is 2.51. The van der Waals surface area contributed by atoms with E-state index in [1.165, 1.54) is 6.92 Å². The van der Waals surface area contributed by atoms with Crippen molar-refractivity contribution >= 4 is 29.3 Å². The van der Waals surface area contributed by atoms with Crippen LogP contribution in [0.15, 0.2) is 36.4 Å². The molecule has 0 saturated carbocycles. The predicted octanol–water partition coefficient (Wildman–Crippen LogP) is 4.10. The number of nitrogens with one attached hydrogen (secondary N) is 1. The summed E-state index contributed by atoms with van der Waals surface area (Å²) in [5.74, 6) is 3.21. The molecule has 33 heavy (non-hydrogen) atoms. The summed E-state index contributed by atoms with van der Waals surface area (Å²) >= 11 is 1.69. The topological polar surface area (TPSA) is 86.3 Å². The first kappa shape index (κ1) is 24.6. The van der Waals surface area contributed by atoms with Crippen LogP contribution in [0.5, 0.6) is 23.0 Å². The lowest BCUT2D eigenvalue weighted by molar-refractivity contribution is -0.132. The quantitative estimate of drug-likeness (QED) is 0.519. The van der Waals surface area contributed by atoms with Crippen molar-refractivity contribution in [1.29, 1.82) is 0 Å². The number of anilines is 1. The molecule has 1 atom stereocenters. The molecule has 1 fully saturated rings. The Balaban J connectivity index is 1.71. The third-order valence-electron chi connectivity index (χ3n) is 5.16. The predicted molar refractivity (Wildman–Crippen MR) is 128 cm³/mol. The van der Waals surface area contributed by atoms with Crippen molar-refractivity contribution in [3.05, 3.63) is 42.0 Å². The van der Waals surface area contributed by atoms with Gasteiger partial charge >= 0.3 is 0 Å². The number of amides is 2. The largest absolute Gasteiger partial charge is 0.496 e. The van der Waals surface area contributed by atoms with E-state index in [4.69, 9.17) is 18.9 Å². The Morgan fingerprint density at radius 3 is 2.45 bits per heavy atom. The van der Waals surface area contributed by atoms with Crippen LogP contribution in [0.25, 0.3) is 0 Å². The van der Waals surface area contributed by atoms with Crippen molar-refractivity contribution < 1.29 is 28.5 Å². The van der Waals surface area contributed by atoms with Crippen molar-refractivity contribution in [1.82, 2.24) is 4.90 Å². The molecule has 0 aromatic heterocycles. The second kappa shape index (κ2) is 11.7. The van der Waals surface area contributed by atoms with Crippen LogP contribution in [-0.2, 0) is 9.59 Å². The molecule has 1 heterocycles.